The molecule has 0 amide bonds. The molecule has 1 heterocycles. The van der Waals surface area contributed by atoms with Crippen molar-refractivity contribution >= 4 is 23.1 Å². The Kier molecular flexibility index (Phi) is 2.04. The first kappa shape index (κ1) is 8.63. The average molecular weight is 198 g/mol. The van der Waals surface area contributed by atoms with E-state index < -0.39 is 0 Å². The van der Waals surface area contributed by atoms with Crippen molar-refractivity contribution in [3.05, 3.63) is 17.3 Å². The third-order valence-corrected chi connectivity index (χ3v) is 2.45. The summed E-state index contributed by atoms with van der Waals surface area (Å²) in [5, 5.41) is 0.461. The van der Waals surface area contributed by atoms with Gasteiger partial charge in [-0.3, -0.25) is 0 Å². The SMILES string of the molecule is CN(c1cc(N)cc(Cl)n1)C1CC1. The molecule has 1 aromatic rings. The van der Waals surface area contributed by atoms with Crippen LogP contribution in [0.5, 0.6) is 0 Å². The zero-order chi connectivity index (χ0) is 9.42. The van der Waals surface area contributed by atoms with Crippen molar-refractivity contribution in [3.8, 4) is 0 Å². The van der Waals surface area contributed by atoms with Crippen LogP contribution in [0, 0.1) is 0 Å². The fourth-order valence-corrected chi connectivity index (χ4v) is 1.54. The molecule has 2 N–H and O–H groups in total. The van der Waals surface area contributed by atoms with Crippen LogP contribution in [0.1, 0.15) is 12.8 Å². The van der Waals surface area contributed by atoms with Crippen molar-refractivity contribution in [3.63, 3.8) is 0 Å². The Morgan fingerprint density at radius 2 is 2.23 bits per heavy atom. The Balaban J connectivity index is 2.27. The number of pyridine rings is 1. The Morgan fingerprint density at radius 1 is 1.54 bits per heavy atom. The molecule has 0 radical (unpaired) electrons. The minimum atomic E-state index is 0.461. The molecule has 0 unspecified atom stereocenters. The van der Waals surface area contributed by atoms with E-state index >= 15 is 0 Å². The van der Waals surface area contributed by atoms with E-state index in [2.05, 4.69) is 9.88 Å². The second-order valence-corrected chi connectivity index (χ2v) is 3.81. The molecule has 2 rings (SSSR count). The number of nitrogens with zero attached hydrogens (tertiary/aromatic N) is 2. The largest absolute Gasteiger partial charge is 0.399 e. The summed E-state index contributed by atoms with van der Waals surface area (Å²) < 4.78 is 0. The monoisotopic (exact) mass is 197 g/mol. The van der Waals surface area contributed by atoms with Gasteiger partial charge in [-0.2, -0.15) is 0 Å². The smallest absolute Gasteiger partial charge is 0.133 e. The highest BCUT2D eigenvalue weighted by molar-refractivity contribution is 6.29. The molecule has 1 aliphatic rings. The van der Waals surface area contributed by atoms with Gasteiger partial charge in [0.1, 0.15) is 11.0 Å². The van der Waals surface area contributed by atoms with Gasteiger partial charge in [0, 0.05) is 24.8 Å². The molecule has 70 valence electrons. The van der Waals surface area contributed by atoms with Crippen molar-refractivity contribution in [1.29, 1.82) is 0 Å². The lowest BCUT2D eigenvalue weighted by Gasteiger charge is -2.17. The van der Waals surface area contributed by atoms with Crippen LogP contribution in [0.2, 0.25) is 5.15 Å². The topological polar surface area (TPSA) is 42.1 Å². The van der Waals surface area contributed by atoms with E-state index in [0.717, 1.165) is 5.82 Å². The summed E-state index contributed by atoms with van der Waals surface area (Å²) in [5.41, 5.74) is 6.34. The molecule has 1 saturated carbocycles. The molecule has 0 saturated heterocycles. The molecular formula is C9H12ClN3. The number of nitrogens with two attached hydrogens (primary N) is 1. The average Bonchev–Trinajstić information content (AvgIpc) is 2.83. The zero-order valence-electron chi connectivity index (χ0n) is 7.50. The fourth-order valence-electron chi connectivity index (χ4n) is 1.33. The molecule has 0 bridgehead atoms. The molecule has 1 aliphatic carbocycles. The van der Waals surface area contributed by atoms with Gasteiger partial charge in [-0.05, 0) is 18.9 Å². The third kappa shape index (κ3) is 1.86. The molecule has 0 aromatic carbocycles. The first-order valence-electron chi connectivity index (χ1n) is 4.33. The summed E-state index contributed by atoms with van der Waals surface area (Å²) in [6.45, 7) is 0. The van der Waals surface area contributed by atoms with E-state index in [0.29, 0.717) is 16.9 Å². The molecule has 1 aromatic heterocycles. The summed E-state index contributed by atoms with van der Waals surface area (Å²) >= 11 is 5.80. The third-order valence-electron chi connectivity index (χ3n) is 2.26. The van der Waals surface area contributed by atoms with Gasteiger partial charge in [0.25, 0.3) is 0 Å². The second-order valence-electron chi connectivity index (χ2n) is 3.42. The maximum Gasteiger partial charge on any atom is 0.133 e. The van der Waals surface area contributed by atoms with E-state index in [1.807, 2.05) is 13.1 Å². The second kappa shape index (κ2) is 3.07. The summed E-state index contributed by atoms with van der Waals surface area (Å²) in [6, 6.07) is 4.14. The molecule has 1 fully saturated rings. The van der Waals surface area contributed by atoms with Gasteiger partial charge in [-0.15, -0.1) is 0 Å². The van der Waals surface area contributed by atoms with Gasteiger partial charge in [0.15, 0.2) is 0 Å². The van der Waals surface area contributed by atoms with Gasteiger partial charge >= 0.3 is 0 Å². The van der Waals surface area contributed by atoms with Crippen molar-refractivity contribution in [1.82, 2.24) is 4.98 Å². The molecule has 0 spiro atoms. The Bertz CT molecular complexity index is 302. The van der Waals surface area contributed by atoms with Crippen molar-refractivity contribution in [2.24, 2.45) is 0 Å². The van der Waals surface area contributed by atoms with Crippen LogP contribution in [-0.4, -0.2) is 18.1 Å². The van der Waals surface area contributed by atoms with Crippen molar-refractivity contribution in [2.45, 2.75) is 18.9 Å². The number of hydrogen-bond acceptors (Lipinski definition) is 3. The van der Waals surface area contributed by atoms with Crippen LogP contribution in [-0.2, 0) is 0 Å². The number of halogens is 1. The van der Waals surface area contributed by atoms with E-state index in [9.17, 15) is 0 Å². The lowest BCUT2D eigenvalue weighted by molar-refractivity contribution is 0.893. The number of anilines is 2. The first-order valence-corrected chi connectivity index (χ1v) is 4.70. The van der Waals surface area contributed by atoms with Gasteiger partial charge in [-0.25, -0.2) is 4.98 Å². The predicted molar refractivity (Wildman–Crippen MR) is 55.1 cm³/mol. The van der Waals surface area contributed by atoms with Gasteiger partial charge in [0.2, 0.25) is 0 Å². The molecule has 0 atom stereocenters. The Morgan fingerprint density at radius 3 is 2.77 bits per heavy atom. The van der Waals surface area contributed by atoms with E-state index in [1.165, 1.54) is 12.8 Å². The van der Waals surface area contributed by atoms with Crippen LogP contribution in [0.25, 0.3) is 0 Å². The first-order chi connectivity index (χ1) is 6.16. The van der Waals surface area contributed by atoms with Crippen LogP contribution in [0.4, 0.5) is 11.5 Å². The molecule has 0 aliphatic heterocycles. The highest BCUT2D eigenvalue weighted by atomic mass is 35.5. The summed E-state index contributed by atoms with van der Waals surface area (Å²) in [7, 11) is 2.02. The summed E-state index contributed by atoms with van der Waals surface area (Å²) in [6.07, 6.45) is 2.48. The Labute approximate surface area is 82.5 Å². The van der Waals surface area contributed by atoms with E-state index in [-0.39, 0.29) is 0 Å². The molecule has 3 nitrogen and oxygen atoms in total. The van der Waals surface area contributed by atoms with Gasteiger partial charge in [-0.1, -0.05) is 11.6 Å². The molecule has 13 heavy (non-hydrogen) atoms. The van der Waals surface area contributed by atoms with Crippen LogP contribution >= 0.6 is 11.6 Å². The van der Waals surface area contributed by atoms with Gasteiger partial charge < -0.3 is 10.6 Å². The maximum atomic E-state index is 5.80. The van der Waals surface area contributed by atoms with E-state index in [1.54, 1.807) is 6.07 Å². The normalized spacial score (nSPS) is 15.8. The summed E-state index contributed by atoms with van der Waals surface area (Å²) in [5.74, 6) is 0.868. The summed E-state index contributed by atoms with van der Waals surface area (Å²) in [4.78, 5) is 6.33. The van der Waals surface area contributed by atoms with Crippen LogP contribution in [0.15, 0.2) is 12.1 Å². The minimum Gasteiger partial charge on any atom is -0.399 e. The highest BCUT2D eigenvalue weighted by Gasteiger charge is 2.27. The van der Waals surface area contributed by atoms with Crippen molar-refractivity contribution in [2.75, 3.05) is 17.7 Å². The van der Waals surface area contributed by atoms with Crippen LogP contribution in [0.3, 0.4) is 0 Å². The van der Waals surface area contributed by atoms with E-state index in [4.69, 9.17) is 17.3 Å². The Hall–Kier alpha value is -0.960. The fraction of sp³-hybridized carbons (Fsp3) is 0.444. The van der Waals surface area contributed by atoms with Gasteiger partial charge in [0.05, 0.1) is 0 Å². The number of rotatable bonds is 2. The minimum absolute atomic E-state index is 0.461. The zero-order valence-corrected chi connectivity index (χ0v) is 8.25. The lowest BCUT2D eigenvalue weighted by atomic mass is 10.4. The molecule has 4 heteroatoms. The van der Waals surface area contributed by atoms with Crippen molar-refractivity contribution < 1.29 is 0 Å². The number of hydrogen-bond donors (Lipinski definition) is 1. The highest BCUT2D eigenvalue weighted by Crippen LogP contribution is 2.30. The standard InChI is InChI=1S/C9H12ClN3/c1-13(7-2-3-7)9-5-6(11)4-8(10)12-9/h4-5,7H,2-3H2,1H3,(H2,11,12). The number of aromatic nitrogens is 1. The van der Waals surface area contributed by atoms with Crippen LogP contribution < -0.4 is 10.6 Å². The number of nitrogen functional groups attached to an aromatic ring is 1. The quantitative estimate of drug-likeness (QED) is 0.737. The maximum absolute atomic E-state index is 5.80. The molecular weight excluding hydrogens is 186 g/mol. The lowest BCUT2D eigenvalue weighted by Crippen LogP contribution is -2.20. The predicted octanol–water partition coefficient (Wildman–Crippen LogP) is 1.92.